The van der Waals surface area contributed by atoms with Crippen molar-refractivity contribution in [2.24, 2.45) is 0 Å². The third kappa shape index (κ3) is 2.38. The van der Waals surface area contributed by atoms with E-state index in [-0.39, 0.29) is 6.61 Å². The highest BCUT2D eigenvalue weighted by atomic mass is 16.5. The molecule has 0 radical (unpaired) electrons. The fraction of sp³-hybridized carbons (Fsp3) is 0.0952. The highest BCUT2D eigenvalue weighted by Crippen LogP contribution is 2.43. The Morgan fingerprint density at radius 3 is 2.56 bits per heavy atom. The smallest absolute Gasteiger partial charge is 0.192 e. The van der Waals surface area contributed by atoms with Gasteiger partial charge in [0.05, 0.1) is 11.1 Å². The van der Waals surface area contributed by atoms with Crippen LogP contribution in [-0.2, 0) is 6.61 Å². The van der Waals surface area contributed by atoms with Gasteiger partial charge in [0.1, 0.15) is 24.3 Å². The van der Waals surface area contributed by atoms with Crippen LogP contribution in [0, 0.1) is 6.92 Å². The maximum Gasteiger partial charge on any atom is 0.192 e. The molecule has 5 rings (SSSR count). The number of benzene rings is 2. The fourth-order valence-electron chi connectivity index (χ4n) is 3.32. The van der Waals surface area contributed by atoms with E-state index in [4.69, 9.17) is 13.8 Å². The number of nitrogens with zero attached hydrogens (tertiary/aromatic N) is 2. The second-order valence-electron chi connectivity index (χ2n) is 6.35. The number of carbonyl (C=O) groups is 1. The molecule has 2 aromatic heterocycles. The summed E-state index contributed by atoms with van der Waals surface area (Å²) < 4.78 is 17.0. The van der Waals surface area contributed by atoms with Gasteiger partial charge in [-0.2, -0.15) is 0 Å². The first-order valence-electron chi connectivity index (χ1n) is 8.49. The van der Waals surface area contributed by atoms with E-state index in [2.05, 4.69) is 10.3 Å². The van der Waals surface area contributed by atoms with E-state index < -0.39 is 0 Å². The molecule has 0 amide bonds. The number of aldehydes is 1. The molecule has 0 atom stereocenters. The first-order chi connectivity index (χ1) is 13.3. The first kappa shape index (κ1) is 15.6. The highest BCUT2D eigenvalue weighted by molar-refractivity contribution is 5.82. The molecule has 0 unspecified atom stereocenters. The van der Waals surface area contributed by atoms with Crippen LogP contribution < -0.4 is 4.74 Å². The van der Waals surface area contributed by atoms with Crippen LogP contribution in [-0.4, -0.2) is 16.6 Å². The average Bonchev–Trinajstić information content (AvgIpc) is 3.31. The van der Waals surface area contributed by atoms with E-state index in [1.807, 2.05) is 37.3 Å². The Morgan fingerprint density at radius 1 is 0.963 bits per heavy atom. The number of carbonyl (C=O) groups excluding carboxylic acids is 1. The summed E-state index contributed by atoms with van der Waals surface area (Å²) in [7, 11) is 0. The molecule has 0 spiro atoms. The Hall–Kier alpha value is -3.67. The highest BCUT2D eigenvalue weighted by Gasteiger charge is 2.30. The van der Waals surface area contributed by atoms with Crippen LogP contribution in [0.15, 0.2) is 57.6 Å². The van der Waals surface area contributed by atoms with Crippen molar-refractivity contribution in [3.05, 3.63) is 65.2 Å². The lowest BCUT2D eigenvalue weighted by Crippen LogP contribution is -2.05. The molecule has 6 heteroatoms. The average molecular weight is 358 g/mol. The van der Waals surface area contributed by atoms with Crippen molar-refractivity contribution in [3.8, 4) is 39.8 Å². The van der Waals surface area contributed by atoms with Gasteiger partial charge >= 0.3 is 0 Å². The molecule has 0 fully saturated rings. The number of hydrogen-bond donors (Lipinski definition) is 0. The summed E-state index contributed by atoms with van der Waals surface area (Å²) in [6.07, 6.45) is 0.786. The van der Waals surface area contributed by atoms with Crippen molar-refractivity contribution >= 4 is 6.29 Å². The summed E-state index contributed by atoms with van der Waals surface area (Å²) in [6.45, 7) is 2.23. The second kappa shape index (κ2) is 5.95. The first-order valence-corrected chi connectivity index (χ1v) is 8.49. The molecule has 27 heavy (non-hydrogen) atoms. The summed E-state index contributed by atoms with van der Waals surface area (Å²) in [5.74, 6) is 1.80. The lowest BCUT2D eigenvalue weighted by molar-refractivity contribution is 0.112. The zero-order valence-electron chi connectivity index (χ0n) is 14.4. The fourth-order valence-corrected chi connectivity index (χ4v) is 3.32. The van der Waals surface area contributed by atoms with Crippen LogP contribution >= 0.6 is 0 Å². The van der Waals surface area contributed by atoms with Gasteiger partial charge in [-0.3, -0.25) is 4.79 Å². The van der Waals surface area contributed by atoms with Gasteiger partial charge in [0, 0.05) is 16.7 Å². The number of fused-ring (bicyclic) bond motifs is 3. The lowest BCUT2D eigenvalue weighted by Gasteiger charge is -2.16. The number of aromatic nitrogens is 2. The van der Waals surface area contributed by atoms with Crippen molar-refractivity contribution in [1.29, 1.82) is 0 Å². The number of hydrogen-bond acceptors (Lipinski definition) is 6. The molecule has 0 N–H and O–H groups in total. The van der Waals surface area contributed by atoms with Gasteiger partial charge in [-0.05, 0) is 19.1 Å². The largest absolute Gasteiger partial charge is 0.488 e. The third-order valence-corrected chi connectivity index (χ3v) is 4.73. The van der Waals surface area contributed by atoms with Crippen molar-refractivity contribution in [1.82, 2.24) is 10.3 Å². The van der Waals surface area contributed by atoms with Crippen molar-refractivity contribution in [3.63, 3.8) is 0 Å². The maximum absolute atomic E-state index is 11.0. The molecular weight excluding hydrogens is 344 g/mol. The molecule has 1 aliphatic rings. The van der Waals surface area contributed by atoms with Crippen LogP contribution in [0.1, 0.15) is 21.5 Å². The molecule has 0 saturated heterocycles. The molecule has 0 saturated carbocycles. The zero-order chi connectivity index (χ0) is 18.4. The molecular formula is C21H14N2O4. The van der Waals surface area contributed by atoms with Gasteiger partial charge in [0.25, 0.3) is 0 Å². The van der Waals surface area contributed by atoms with Gasteiger partial charge in [0.2, 0.25) is 0 Å². The summed E-state index contributed by atoms with van der Waals surface area (Å²) in [4.78, 5) is 11.0. The van der Waals surface area contributed by atoms with Crippen LogP contribution in [0.5, 0.6) is 5.75 Å². The minimum atomic E-state index is 0.282. The van der Waals surface area contributed by atoms with E-state index >= 15 is 0 Å². The molecule has 4 aromatic rings. The molecule has 2 aromatic carbocycles. The third-order valence-electron chi connectivity index (χ3n) is 4.73. The summed E-state index contributed by atoms with van der Waals surface area (Å²) in [5.41, 5.74) is 5.35. The Morgan fingerprint density at radius 2 is 1.74 bits per heavy atom. The quantitative estimate of drug-likeness (QED) is 0.495. The summed E-state index contributed by atoms with van der Waals surface area (Å²) in [5, 5.41) is 8.44. The van der Waals surface area contributed by atoms with E-state index in [1.165, 1.54) is 0 Å². The monoisotopic (exact) mass is 358 g/mol. The predicted molar refractivity (Wildman–Crippen MR) is 97.3 cm³/mol. The number of ether oxygens (including phenoxy) is 1. The SMILES string of the molecule is Cc1c(-c2ccccc2)noc1-c1noc2c1COc1cc(C=O)ccc1-2. The minimum Gasteiger partial charge on any atom is -0.488 e. The standard InChI is InChI=1S/C21H14N2O4/c1-12-18(14-5-3-2-4-6-14)22-26-20(12)19-16-11-25-17-9-13(10-24)7-8-15(17)21(16)27-23-19/h2-10H,11H2,1H3. The predicted octanol–water partition coefficient (Wildman–Crippen LogP) is 4.68. The van der Waals surface area contributed by atoms with Crippen molar-refractivity contribution in [2.45, 2.75) is 13.5 Å². The Kier molecular flexibility index (Phi) is 3.43. The molecule has 0 bridgehead atoms. The van der Waals surface area contributed by atoms with E-state index in [9.17, 15) is 4.79 Å². The lowest BCUT2D eigenvalue weighted by atomic mass is 9.99. The number of rotatable bonds is 3. The van der Waals surface area contributed by atoms with E-state index in [1.54, 1.807) is 18.2 Å². The topological polar surface area (TPSA) is 78.4 Å². The zero-order valence-corrected chi connectivity index (χ0v) is 14.4. The van der Waals surface area contributed by atoms with Gasteiger partial charge in [-0.1, -0.05) is 46.7 Å². The molecule has 3 heterocycles. The summed E-state index contributed by atoms with van der Waals surface area (Å²) >= 11 is 0. The molecule has 132 valence electrons. The van der Waals surface area contributed by atoms with Crippen LogP contribution in [0.3, 0.4) is 0 Å². The molecule has 6 nitrogen and oxygen atoms in total. The van der Waals surface area contributed by atoms with Gasteiger partial charge in [-0.15, -0.1) is 0 Å². The van der Waals surface area contributed by atoms with Gasteiger partial charge < -0.3 is 13.8 Å². The van der Waals surface area contributed by atoms with Crippen molar-refractivity contribution in [2.75, 3.05) is 0 Å². The van der Waals surface area contributed by atoms with Crippen LogP contribution in [0.4, 0.5) is 0 Å². The molecule has 0 aliphatic carbocycles. The Bertz CT molecular complexity index is 1160. The van der Waals surface area contributed by atoms with Crippen LogP contribution in [0.25, 0.3) is 34.0 Å². The Labute approximate surface area is 154 Å². The Balaban J connectivity index is 1.61. The summed E-state index contributed by atoms with van der Waals surface area (Å²) in [6, 6.07) is 15.1. The normalized spacial score (nSPS) is 12.2. The van der Waals surface area contributed by atoms with E-state index in [0.717, 1.165) is 34.2 Å². The maximum atomic E-state index is 11.0. The minimum absolute atomic E-state index is 0.282. The van der Waals surface area contributed by atoms with Gasteiger partial charge in [-0.25, -0.2) is 0 Å². The molecule has 1 aliphatic heterocycles. The van der Waals surface area contributed by atoms with Crippen LogP contribution in [0.2, 0.25) is 0 Å². The van der Waals surface area contributed by atoms with Crippen molar-refractivity contribution < 1.29 is 18.6 Å². The van der Waals surface area contributed by atoms with Gasteiger partial charge in [0.15, 0.2) is 17.2 Å². The van der Waals surface area contributed by atoms with E-state index in [0.29, 0.717) is 28.5 Å². The second-order valence-corrected chi connectivity index (χ2v) is 6.35.